The summed E-state index contributed by atoms with van der Waals surface area (Å²) in [7, 11) is 0. The quantitative estimate of drug-likeness (QED) is 0.348. The fourth-order valence-electron chi connectivity index (χ4n) is 2.91. The largest absolute Gasteiger partial charge is 0.507 e. The number of ether oxygens (including phenoxy) is 1. The third-order valence-corrected chi connectivity index (χ3v) is 5.11. The zero-order valence-corrected chi connectivity index (χ0v) is 17.9. The normalized spacial score (nSPS) is 12.3. The highest BCUT2D eigenvalue weighted by molar-refractivity contribution is 6.38. The van der Waals surface area contributed by atoms with Gasteiger partial charge in [-0.15, -0.1) is 0 Å². The van der Waals surface area contributed by atoms with Gasteiger partial charge in [0.25, 0.3) is 0 Å². The fraction of sp³-hybridized carbons (Fsp3) is 0.0870. The molecule has 0 aliphatic heterocycles. The van der Waals surface area contributed by atoms with Crippen LogP contribution in [0.2, 0.25) is 10.0 Å². The van der Waals surface area contributed by atoms with Crippen molar-refractivity contribution in [2.75, 3.05) is 0 Å². The maximum atomic E-state index is 13.5. The second-order valence-corrected chi connectivity index (χ2v) is 7.58. The van der Waals surface area contributed by atoms with Crippen LogP contribution in [0.3, 0.4) is 0 Å². The number of halogens is 5. The molecule has 0 aromatic heterocycles. The van der Waals surface area contributed by atoms with Gasteiger partial charge in [0, 0.05) is 26.7 Å². The Bertz CT molecular complexity index is 1180. The lowest BCUT2D eigenvalue weighted by Crippen LogP contribution is -2.24. The minimum atomic E-state index is -4.92. The first-order chi connectivity index (χ1) is 15.1. The molecule has 3 rings (SSSR count). The molecule has 0 fully saturated rings. The summed E-state index contributed by atoms with van der Waals surface area (Å²) in [5.74, 6) is -0.171. The molecule has 0 aliphatic rings. The van der Waals surface area contributed by atoms with Crippen LogP contribution in [-0.2, 0) is 6.61 Å². The van der Waals surface area contributed by atoms with E-state index in [1.807, 2.05) is 0 Å². The summed E-state index contributed by atoms with van der Waals surface area (Å²) in [6.07, 6.45) is -4.92. The number of alkyl halides is 3. The minimum absolute atomic E-state index is 0.0194. The predicted octanol–water partition coefficient (Wildman–Crippen LogP) is 6.58. The Morgan fingerprint density at radius 1 is 0.969 bits per heavy atom. The lowest BCUT2D eigenvalue weighted by molar-refractivity contribution is -0.0919. The molecule has 0 radical (unpaired) electrons. The molecule has 0 aliphatic carbocycles. The molecule has 166 valence electrons. The number of benzene rings is 3. The molecule has 9 heteroatoms. The van der Waals surface area contributed by atoms with Gasteiger partial charge in [0.2, 0.25) is 0 Å². The maximum Gasteiger partial charge on any atom is 0.431 e. The van der Waals surface area contributed by atoms with Gasteiger partial charge in [-0.3, -0.25) is 5.41 Å². The monoisotopic (exact) mass is 480 g/mol. The number of aromatic hydroxyl groups is 1. The van der Waals surface area contributed by atoms with E-state index in [1.54, 1.807) is 30.3 Å². The molecule has 3 aromatic carbocycles. The zero-order chi connectivity index (χ0) is 23.5. The van der Waals surface area contributed by atoms with Gasteiger partial charge in [-0.2, -0.15) is 13.2 Å². The highest BCUT2D eigenvalue weighted by atomic mass is 35.5. The molecule has 0 amide bonds. The van der Waals surface area contributed by atoms with Crippen LogP contribution in [0.5, 0.6) is 11.5 Å². The number of phenols is 1. The van der Waals surface area contributed by atoms with Gasteiger partial charge in [0.05, 0.1) is 5.71 Å². The Hall–Kier alpha value is -3.16. The number of nitrogens with two attached hydrogens (primary N) is 1. The molecule has 4 N–H and O–H groups in total. The molecule has 0 saturated heterocycles. The summed E-state index contributed by atoms with van der Waals surface area (Å²) in [6, 6.07) is 16.6. The summed E-state index contributed by atoms with van der Waals surface area (Å²) in [5, 5.41) is 19.3. The number of hydrogen-bond donors (Lipinski definition) is 3. The Balaban J connectivity index is 2.00. The van der Waals surface area contributed by atoms with Gasteiger partial charge in [0.15, 0.2) is 0 Å². The summed E-state index contributed by atoms with van der Waals surface area (Å²) < 4.78 is 46.1. The van der Waals surface area contributed by atoms with E-state index in [9.17, 15) is 18.3 Å². The van der Waals surface area contributed by atoms with Gasteiger partial charge in [0.1, 0.15) is 23.8 Å². The number of allylic oxidation sites excluding steroid dienone is 2. The second-order valence-electron chi connectivity index (χ2n) is 6.74. The Labute approximate surface area is 192 Å². The first-order valence-electron chi connectivity index (χ1n) is 9.19. The first kappa shape index (κ1) is 23.5. The number of phenolic OH excluding ortho intramolecular Hbond substituents is 1. The van der Waals surface area contributed by atoms with Crippen LogP contribution in [0.1, 0.15) is 16.7 Å². The van der Waals surface area contributed by atoms with Crippen molar-refractivity contribution >= 4 is 34.5 Å². The third-order valence-electron chi connectivity index (χ3n) is 4.52. The van der Waals surface area contributed by atoms with Crippen molar-refractivity contribution in [3.8, 4) is 11.5 Å². The molecular weight excluding hydrogens is 464 g/mol. The Morgan fingerprint density at radius 3 is 2.25 bits per heavy atom. The van der Waals surface area contributed by atoms with Crippen molar-refractivity contribution in [2.24, 2.45) is 5.73 Å². The van der Waals surface area contributed by atoms with Crippen molar-refractivity contribution < 1.29 is 23.0 Å². The average Bonchev–Trinajstić information content (AvgIpc) is 2.75. The lowest BCUT2D eigenvalue weighted by Gasteiger charge is -2.18. The average molecular weight is 481 g/mol. The van der Waals surface area contributed by atoms with Gasteiger partial charge in [-0.05, 0) is 42.0 Å². The molecule has 3 aromatic rings. The molecule has 32 heavy (non-hydrogen) atoms. The van der Waals surface area contributed by atoms with Crippen molar-refractivity contribution in [2.45, 2.75) is 12.8 Å². The molecule has 0 heterocycles. The SMILES string of the molecule is N=C(C(=C(N)C(F)(F)F)c1ccccc1Cl)c1cc(OCc2ccc(Cl)cc2)ccc1O. The molecule has 4 nitrogen and oxygen atoms in total. The molecule has 0 spiro atoms. The highest BCUT2D eigenvalue weighted by Crippen LogP contribution is 2.36. The van der Waals surface area contributed by atoms with Crippen molar-refractivity contribution in [1.29, 1.82) is 5.41 Å². The van der Waals surface area contributed by atoms with Crippen LogP contribution < -0.4 is 10.5 Å². The van der Waals surface area contributed by atoms with Crippen LogP contribution in [0.4, 0.5) is 13.2 Å². The zero-order valence-electron chi connectivity index (χ0n) is 16.4. The summed E-state index contributed by atoms with van der Waals surface area (Å²) >= 11 is 11.9. The summed E-state index contributed by atoms with van der Waals surface area (Å²) in [4.78, 5) is 0. The van der Waals surface area contributed by atoms with Gasteiger partial charge in [-0.1, -0.05) is 53.5 Å². The number of nitrogens with one attached hydrogen (secondary N) is 1. The van der Waals surface area contributed by atoms with Gasteiger partial charge < -0.3 is 15.6 Å². The molecule has 0 atom stereocenters. The predicted molar refractivity (Wildman–Crippen MR) is 119 cm³/mol. The number of rotatable bonds is 6. The van der Waals surface area contributed by atoms with Crippen LogP contribution in [0.25, 0.3) is 5.57 Å². The smallest absolute Gasteiger partial charge is 0.431 e. The van der Waals surface area contributed by atoms with E-state index in [1.165, 1.54) is 36.4 Å². The van der Waals surface area contributed by atoms with E-state index >= 15 is 0 Å². The fourth-order valence-corrected chi connectivity index (χ4v) is 3.26. The van der Waals surface area contributed by atoms with E-state index in [4.69, 9.17) is 39.1 Å². The van der Waals surface area contributed by atoms with Crippen molar-refractivity contribution in [3.63, 3.8) is 0 Å². The van der Waals surface area contributed by atoms with Crippen molar-refractivity contribution in [1.82, 2.24) is 0 Å². The Kier molecular flexibility index (Phi) is 7.01. The van der Waals surface area contributed by atoms with Crippen molar-refractivity contribution in [3.05, 3.63) is 99.2 Å². The topological polar surface area (TPSA) is 79.3 Å². The molecular formula is C23H17Cl2F3N2O2. The van der Waals surface area contributed by atoms with Gasteiger partial charge >= 0.3 is 6.18 Å². The standard InChI is InChI=1S/C23H17Cl2F3N2O2/c24-14-7-5-13(6-8-14)12-32-15-9-10-19(31)17(11-15)21(29)20(22(30)23(26,27)28)16-3-1-2-4-18(16)25/h1-11,29,31H,12,30H2. The van der Waals surface area contributed by atoms with Crippen LogP contribution in [0.15, 0.2) is 72.4 Å². The van der Waals surface area contributed by atoms with E-state index in [2.05, 4.69) is 0 Å². The van der Waals surface area contributed by atoms with Crippen LogP contribution in [0, 0.1) is 5.41 Å². The van der Waals surface area contributed by atoms with Crippen LogP contribution >= 0.6 is 23.2 Å². The van der Waals surface area contributed by atoms with E-state index in [0.717, 1.165) is 5.56 Å². The first-order valence-corrected chi connectivity index (χ1v) is 9.95. The molecule has 0 saturated carbocycles. The molecule has 0 unspecified atom stereocenters. The van der Waals surface area contributed by atoms with Crippen LogP contribution in [-0.4, -0.2) is 17.0 Å². The van der Waals surface area contributed by atoms with Gasteiger partial charge in [-0.25, -0.2) is 0 Å². The summed E-state index contributed by atoms with van der Waals surface area (Å²) in [5.41, 5.74) is 3.13. The number of hydrogen-bond acceptors (Lipinski definition) is 4. The van der Waals surface area contributed by atoms with E-state index < -0.39 is 28.9 Å². The second kappa shape index (κ2) is 9.54. The Morgan fingerprint density at radius 2 is 1.62 bits per heavy atom. The third kappa shape index (κ3) is 5.36. The minimum Gasteiger partial charge on any atom is -0.507 e. The maximum absolute atomic E-state index is 13.5. The summed E-state index contributed by atoms with van der Waals surface area (Å²) in [6.45, 7) is 0.145. The molecule has 0 bridgehead atoms. The van der Waals surface area contributed by atoms with E-state index in [-0.39, 0.29) is 28.5 Å². The van der Waals surface area contributed by atoms with E-state index in [0.29, 0.717) is 5.02 Å². The lowest BCUT2D eigenvalue weighted by atomic mass is 9.93. The highest BCUT2D eigenvalue weighted by Gasteiger charge is 2.36.